The maximum Gasteiger partial charge on any atom is 0.299 e. The summed E-state index contributed by atoms with van der Waals surface area (Å²) < 4.78 is 19.0. The highest BCUT2D eigenvalue weighted by atomic mass is 35.5. The van der Waals surface area contributed by atoms with E-state index in [0.29, 0.717) is 36.8 Å². The average molecular weight is 403 g/mol. The largest absolute Gasteiger partial charge is 0.422 e. The number of hydrogen-bond acceptors (Lipinski definition) is 5. The van der Waals surface area contributed by atoms with Gasteiger partial charge in [-0.05, 0) is 48.6 Å². The van der Waals surface area contributed by atoms with Gasteiger partial charge < -0.3 is 14.6 Å². The molecule has 1 unspecified atom stereocenters. The normalized spacial score (nSPS) is 17.1. The number of nitrogens with one attached hydrogen (secondary N) is 1. The van der Waals surface area contributed by atoms with Crippen LogP contribution in [-0.2, 0) is 11.3 Å². The maximum atomic E-state index is 13.2. The van der Waals surface area contributed by atoms with Crippen LogP contribution in [0, 0.1) is 11.7 Å². The van der Waals surface area contributed by atoms with Crippen LogP contribution in [0.4, 0.5) is 10.4 Å². The SMILES string of the molecule is O=C(CC1CCCN(c2nc3ncccc3o2)C1)NCc1ccc(F)c(Cl)c1. The van der Waals surface area contributed by atoms with Gasteiger partial charge >= 0.3 is 0 Å². The molecule has 1 fully saturated rings. The molecule has 2 aromatic heterocycles. The van der Waals surface area contributed by atoms with Crippen molar-refractivity contribution in [3.8, 4) is 0 Å². The molecule has 1 saturated heterocycles. The van der Waals surface area contributed by atoms with Crippen molar-refractivity contribution >= 4 is 34.8 Å². The molecular formula is C20H20ClFN4O2. The Morgan fingerprint density at radius 1 is 1.39 bits per heavy atom. The molecule has 4 rings (SSSR count). The van der Waals surface area contributed by atoms with E-state index in [0.717, 1.165) is 24.9 Å². The number of aromatic nitrogens is 2. The summed E-state index contributed by atoms with van der Waals surface area (Å²) in [6, 6.07) is 8.66. The molecule has 1 aliphatic rings. The average Bonchev–Trinajstić information content (AvgIpc) is 3.13. The van der Waals surface area contributed by atoms with Gasteiger partial charge in [0.15, 0.2) is 5.58 Å². The number of rotatable bonds is 5. The molecule has 3 heterocycles. The van der Waals surface area contributed by atoms with E-state index >= 15 is 0 Å². The number of benzene rings is 1. The zero-order valence-electron chi connectivity index (χ0n) is 15.2. The van der Waals surface area contributed by atoms with Crippen molar-refractivity contribution in [3.05, 3.63) is 52.9 Å². The van der Waals surface area contributed by atoms with Gasteiger partial charge in [-0.3, -0.25) is 4.79 Å². The van der Waals surface area contributed by atoms with E-state index in [1.807, 2.05) is 12.1 Å². The number of piperidine rings is 1. The van der Waals surface area contributed by atoms with Crippen molar-refractivity contribution in [2.45, 2.75) is 25.8 Å². The molecule has 0 spiro atoms. The molecule has 8 heteroatoms. The molecule has 1 atom stereocenters. The second-order valence-corrected chi connectivity index (χ2v) is 7.41. The highest BCUT2D eigenvalue weighted by molar-refractivity contribution is 6.30. The predicted molar refractivity (Wildman–Crippen MR) is 105 cm³/mol. The van der Waals surface area contributed by atoms with Crippen molar-refractivity contribution in [1.82, 2.24) is 15.3 Å². The van der Waals surface area contributed by atoms with Crippen LogP contribution >= 0.6 is 11.6 Å². The van der Waals surface area contributed by atoms with Crippen LogP contribution < -0.4 is 10.2 Å². The summed E-state index contributed by atoms with van der Waals surface area (Å²) in [6.07, 6.45) is 4.05. The minimum absolute atomic E-state index is 0.0356. The number of nitrogens with zero attached hydrogens (tertiary/aromatic N) is 3. The lowest BCUT2D eigenvalue weighted by Crippen LogP contribution is -2.38. The molecule has 28 heavy (non-hydrogen) atoms. The first-order valence-electron chi connectivity index (χ1n) is 9.25. The fraction of sp³-hybridized carbons (Fsp3) is 0.350. The van der Waals surface area contributed by atoms with Gasteiger partial charge in [-0.2, -0.15) is 4.98 Å². The Morgan fingerprint density at radius 3 is 3.11 bits per heavy atom. The Labute approximate surface area is 166 Å². The molecule has 1 aliphatic heterocycles. The number of anilines is 1. The van der Waals surface area contributed by atoms with Crippen LogP contribution in [0.25, 0.3) is 11.2 Å². The van der Waals surface area contributed by atoms with E-state index in [-0.39, 0.29) is 16.8 Å². The lowest BCUT2D eigenvalue weighted by molar-refractivity contribution is -0.122. The highest BCUT2D eigenvalue weighted by Gasteiger charge is 2.25. The number of carbonyl (C=O) groups excluding carboxylic acids is 1. The van der Waals surface area contributed by atoms with Gasteiger partial charge in [0.25, 0.3) is 6.01 Å². The molecular weight excluding hydrogens is 383 g/mol. The van der Waals surface area contributed by atoms with Crippen molar-refractivity contribution in [1.29, 1.82) is 0 Å². The Kier molecular flexibility index (Phi) is 5.43. The van der Waals surface area contributed by atoms with Crippen LogP contribution in [-0.4, -0.2) is 29.0 Å². The summed E-state index contributed by atoms with van der Waals surface area (Å²) in [5.41, 5.74) is 2.02. The van der Waals surface area contributed by atoms with E-state index in [1.165, 1.54) is 12.1 Å². The van der Waals surface area contributed by atoms with Crippen LogP contribution in [0.15, 0.2) is 40.9 Å². The Bertz CT molecular complexity index is 960. The van der Waals surface area contributed by atoms with Crippen LogP contribution in [0.2, 0.25) is 5.02 Å². The molecule has 6 nitrogen and oxygen atoms in total. The number of oxazole rings is 1. The first-order chi connectivity index (χ1) is 13.6. The maximum absolute atomic E-state index is 13.2. The van der Waals surface area contributed by atoms with E-state index in [1.54, 1.807) is 12.3 Å². The molecule has 146 valence electrons. The number of carbonyl (C=O) groups is 1. The zero-order chi connectivity index (χ0) is 19.5. The Hall–Kier alpha value is -2.67. The number of hydrogen-bond donors (Lipinski definition) is 1. The fourth-order valence-electron chi connectivity index (χ4n) is 3.48. The number of amides is 1. The van der Waals surface area contributed by atoms with Gasteiger partial charge in [-0.15, -0.1) is 0 Å². The summed E-state index contributed by atoms with van der Waals surface area (Å²) >= 11 is 5.78. The van der Waals surface area contributed by atoms with Gasteiger partial charge in [0.05, 0.1) is 5.02 Å². The van der Waals surface area contributed by atoms with E-state index in [9.17, 15) is 9.18 Å². The molecule has 1 amide bonds. The topological polar surface area (TPSA) is 71.3 Å². The summed E-state index contributed by atoms with van der Waals surface area (Å²) in [7, 11) is 0. The van der Waals surface area contributed by atoms with Crippen LogP contribution in [0.3, 0.4) is 0 Å². The monoisotopic (exact) mass is 402 g/mol. The van der Waals surface area contributed by atoms with Crippen molar-refractivity contribution in [2.24, 2.45) is 5.92 Å². The zero-order valence-corrected chi connectivity index (χ0v) is 16.0. The third kappa shape index (κ3) is 4.25. The molecule has 0 bridgehead atoms. The Morgan fingerprint density at radius 2 is 2.29 bits per heavy atom. The summed E-state index contributed by atoms with van der Waals surface area (Å²) in [5, 5.41) is 2.94. The van der Waals surface area contributed by atoms with Gasteiger partial charge in [0, 0.05) is 32.3 Å². The minimum atomic E-state index is -0.464. The van der Waals surface area contributed by atoms with Gasteiger partial charge in [-0.1, -0.05) is 17.7 Å². The minimum Gasteiger partial charge on any atom is -0.422 e. The molecule has 0 radical (unpaired) electrons. The highest BCUT2D eigenvalue weighted by Crippen LogP contribution is 2.27. The molecule has 0 saturated carbocycles. The van der Waals surface area contributed by atoms with E-state index in [4.69, 9.17) is 16.0 Å². The Balaban J connectivity index is 1.32. The molecule has 1 N–H and O–H groups in total. The summed E-state index contributed by atoms with van der Waals surface area (Å²) in [6.45, 7) is 1.88. The quantitative estimate of drug-likeness (QED) is 0.700. The van der Waals surface area contributed by atoms with Crippen LogP contribution in [0.5, 0.6) is 0 Å². The molecule has 3 aromatic rings. The van der Waals surface area contributed by atoms with Crippen molar-refractivity contribution in [2.75, 3.05) is 18.0 Å². The number of fused-ring (bicyclic) bond motifs is 1. The van der Waals surface area contributed by atoms with Gasteiger partial charge in [-0.25, -0.2) is 9.37 Å². The van der Waals surface area contributed by atoms with E-state index < -0.39 is 5.82 Å². The van der Waals surface area contributed by atoms with Gasteiger partial charge in [0.1, 0.15) is 5.82 Å². The third-order valence-electron chi connectivity index (χ3n) is 4.89. The van der Waals surface area contributed by atoms with Crippen molar-refractivity contribution < 1.29 is 13.6 Å². The third-order valence-corrected chi connectivity index (χ3v) is 5.18. The van der Waals surface area contributed by atoms with E-state index in [2.05, 4.69) is 20.2 Å². The van der Waals surface area contributed by atoms with Crippen molar-refractivity contribution in [3.63, 3.8) is 0 Å². The summed E-state index contributed by atoms with van der Waals surface area (Å²) in [5.74, 6) is -0.284. The molecule has 1 aromatic carbocycles. The molecule has 0 aliphatic carbocycles. The first-order valence-corrected chi connectivity index (χ1v) is 9.63. The lowest BCUT2D eigenvalue weighted by atomic mass is 9.94. The number of pyridine rings is 1. The van der Waals surface area contributed by atoms with Gasteiger partial charge in [0.2, 0.25) is 11.6 Å². The standard InChI is InChI=1S/C20H20ClFN4O2/c21-15-9-13(5-6-16(15)22)11-24-18(27)10-14-3-2-8-26(12-14)20-25-19-17(28-20)4-1-7-23-19/h1,4-7,9,14H,2-3,8,10-12H2,(H,24,27). The smallest absolute Gasteiger partial charge is 0.299 e. The second-order valence-electron chi connectivity index (χ2n) is 7.01. The second kappa shape index (κ2) is 8.14. The van der Waals surface area contributed by atoms with Crippen LogP contribution in [0.1, 0.15) is 24.8 Å². The summed E-state index contributed by atoms with van der Waals surface area (Å²) in [4.78, 5) is 23.1. The fourth-order valence-corrected chi connectivity index (χ4v) is 3.69. The first kappa shape index (κ1) is 18.7. The predicted octanol–water partition coefficient (Wildman–Crippen LogP) is 3.94. The lowest BCUT2D eigenvalue weighted by Gasteiger charge is -2.31. The number of halogens is 2.